The summed E-state index contributed by atoms with van der Waals surface area (Å²) in [4.78, 5) is 2.63. The molecular weight excluding hydrogens is 212 g/mol. The summed E-state index contributed by atoms with van der Waals surface area (Å²) in [6.07, 6.45) is 2.44. The van der Waals surface area contributed by atoms with Crippen molar-refractivity contribution in [3.63, 3.8) is 0 Å². The Hall–Kier alpha value is -0.120. The Morgan fingerprint density at radius 1 is 1.41 bits per heavy atom. The molecule has 0 bridgehead atoms. The number of hydrogen-bond acceptors (Lipinski definition) is 3. The van der Waals surface area contributed by atoms with Gasteiger partial charge in [0.25, 0.3) is 0 Å². The van der Waals surface area contributed by atoms with Crippen LogP contribution in [0.1, 0.15) is 40.5 Å². The van der Waals surface area contributed by atoms with Crippen molar-refractivity contribution in [2.75, 3.05) is 26.8 Å². The van der Waals surface area contributed by atoms with Gasteiger partial charge in [0.2, 0.25) is 0 Å². The summed E-state index contributed by atoms with van der Waals surface area (Å²) < 4.78 is 5.35. The molecule has 3 atom stereocenters. The van der Waals surface area contributed by atoms with Gasteiger partial charge in [0.05, 0.1) is 6.61 Å². The van der Waals surface area contributed by atoms with Crippen molar-refractivity contribution in [2.24, 2.45) is 5.92 Å². The zero-order valence-corrected chi connectivity index (χ0v) is 12.2. The Bertz CT molecular complexity index is 208. The molecule has 1 N–H and O–H groups in total. The summed E-state index contributed by atoms with van der Waals surface area (Å²) >= 11 is 0. The highest BCUT2D eigenvalue weighted by Crippen LogP contribution is 2.17. The van der Waals surface area contributed by atoms with Crippen LogP contribution < -0.4 is 5.32 Å². The molecule has 0 aromatic carbocycles. The maximum Gasteiger partial charge on any atom is 0.0618 e. The van der Waals surface area contributed by atoms with Crippen molar-refractivity contribution in [1.29, 1.82) is 0 Å². The highest BCUT2D eigenvalue weighted by molar-refractivity contribution is 4.87. The minimum atomic E-state index is 0.576. The molecule has 102 valence electrons. The maximum absolute atomic E-state index is 5.35. The Morgan fingerprint density at radius 3 is 2.65 bits per heavy atom. The van der Waals surface area contributed by atoms with Gasteiger partial charge in [-0.3, -0.25) is 4.90 Å². The highest BCUT2D eigenvalue weighted by atomic mass is 16.5. The molecule has 3 unspecified atom stereocenters. The van der Waals surface area contributed by atoms with Gasteiger partial charge in [-0.05, 0) is 25.7 Å². The van der Waals surface area contributed by atoms with Gasteiger partial charge in [0, 0.05) is 38.3 Å². The average molecular weight is 242 g/mol. The van der Waals surface area contributed by atoms with E-state index in [0.29, 0.717) is 18.1 Å². The quantitative estimate of drug-likeness (QED) is 0.772. The molecule has 1 heterocycles. The van der Waals surface area contributed by atoms with Crippen LogP contribution in [-0.4, -0.2) is 49.8 Å². The first-order chi connectivity index (χ1) is 8.08. The Labute approximate surface area is 107 Å². The summed E-state index contributed by atoms with van der Waals surface area (Å²) in [7, 11) is 1.81. The predicted octanol–water partition coefficient (Wildman–Crippen LogP) is 2.12. The van der Waals surface area contributed by atoms with E-state index in [0.717, 1.165) is 19.1 Å². The largest absolute Gasteiger partial charge is 0.383 e. The van der Waals surface area contributed by atoms with Crippen LogP contribution in [0.3, 0.4) is 0 Å². The Kier molecular flexibility index (Phi) is 6.45. The standard InChI is InChI=1S/C14H30N2O/c1-6-14(10-17-5)16-9-13(7-11(2)3)15-8-12(16)4/h11-15H,6-10H2,1-5H3. The maximum atomic E-state index is 5.35. The normalized spacial score (nSPS) is 28.6. The smallest absolute Gasteiger partial charge is 0.0618 e. The van der Waals surface area contributed by atoms with E-state index >= 15 is 0 Å². The van der Waals surface area contributed by atoms with Crippen molar-refractivity contribution in [2.45, 2.75) is 58.7 Å². The van der Waals surface area contributed by atoms with Crippen LogP contribution >= 0.6 is 0 Å². The zero-order valence-electron chi connectivity index (χ0n) is 12.2. The summed E-state index contributed by atoms with van der Waals surface area (Å²) in [6.45, 7) is 12.3. The lowest BCUT2D eigenvalue weighted by atomic mass is 9.98. The second-order valence-corrected chi connectivity index (χ2v) is 5.80. The minimum Gasteiger partial charge on any atom is -0.383 e. The molecule has 17 heavy (non-hydrogen) atoms. The molecule has 1 fully saturated rings. The molecule has 0 aromatic heterocycles. The van der Waals surface area contributed by atoms with Crippen molar-refractivity contribution in [3.8, 4) is 0 Å². The van der Waals surface area contributed by atoms with Gasteiger partial charge in [-0.2, -0.15) is 0 Å². The van der Waals surface area contributed by atoms with Gasteiger partial charge < -0.3 is 10.1 Å². The fourth-order valence-corrected chi connectivity index (χ4v) is 2.83. The van der Waals surface area contributed by atoms with E-state index in [-0.39, 0.29) is 0 Å². The van der Waals surface area contributed by atoms with Crippen molar-refractivity contribution in [3.05, 3.63) is 0 Å². The zero-order chi connectivity index (χ0) is 12.8. The van der Waals surface area contributed by atoms with Crippen molar-refractivity contribution in [1.82, 2.24) is 10.2 Å². The van der Waals surface area contributed by atoms with E-state index < -0.39 is 0 Å². The molecule has 0 aromatic rings. The molecule has 0 spiro atoms. The van der Waals surface area contributed by atoms with E-state index in [2.05, 4.69) is 37.9 Å². The Morgan fingerprint density at radius 2 is 2.12 bits per heavy atom. The fraction of sp³-hybridized carbons (Fsp3) is 1.00. The number of ether oxygens (including phenoxy) is 1. The number of nitrogens with one attached hydrogen (secondary N) is 1. The molecule has 3 nitrogen and oxygen atoms in total. The highest BCUT2D eigenvalue weighted by Gasteiger charge is 2.29. The SMILES string of the molecule is CCC(COC)N1CC(CC(C)C)NCC1C. The van der Waals surface area contributed by atoms with Crippen molar-refractivity contribution >= 4 is 0 Å². The lowest BCUT2D eigenvalue weighted by Gasteiger charge is -2.43. The van der Waals surface area contributed by atoms with E-state index in [1.54, 1.807) is 7.11 Å². The number of piperazine rings is 1. The third-order valence-corrected chi connectivity index (χ3v) is 3.75. The van der Waals surface area contributed by atoms with Gasteiger partial charge in [-0.15, -0.1) is 0 Å². The van der Waals surface area contributed by atoms with Crippen LogP contribution in [-0.2, 0) is 4.74 Å². The molecule has 1 aliphatic rings. The van der Waals surface area contributed by atoms with Crippen LogP contribution in [0.25, 0.3) is 0 Å². The van der Waals surface area contributed by atoms with Gasteiger partial charge >= 0.3 is 0 Å². The molecular formula is C14H30N2O. The average Bonchev–Trinajstić information content (AvgIpc) is 2.28. The van der Waals surface area contributed by atoms with Crippen LogP contribution in [0.2, 0.25) is 0 Å². The van der Waals surface area contributed by atoms with E-state index in [4.69, 9.17) is 4.74 Å². The third-order valence-electron chi connectivity index (χ3n) is 3.75. The second-order valence-electron chi connectivity index (χ2n) is 5.80. The summed E-state index contributed by atoms with van der Waals surface area (Å²) in [5, 5.41) is 3.67. The molecule has 0 aliphatic carbocycles. The summed E-state index contributed by atoms with van der Waals surface area (Å²) in [6, 6.07) is 1.85. The van der Waals surface area contributed by atoms with Gasteiger partial charge in [-0.1, -0.05) is 20.8 Å². The summed E-state index contributed by atoms with van der Waals surface area (Å²) in [5.74, 6) is 0.769. The van der Waals surface area contributed by atoms with E-state index in [9.17, 15) is 0 Å². The van der Waals surface area contributed by atoms with Crippen LogP contribution in [0, 0.1) is 5.92 Å². The van der Waals surface area contributed by atoms with Crippen LogP contribution in [0.5, 0.6) is 0 Å². The minimum absolute atomic E-state index is 0.576. The van der Waals surface area contributed by atoms with Gasteiger partial charge in [-0.25, -0.2) is 0 Å². The van der Waals surface area contributed by atoms with Crippen LogP contribution in [0.15, 0.2) is 0 Å². The topological polar surface area (TPSA) is 24.5 Å². The summed E-state index contributed by atoms with van der Waals surface area (Å²) in [5.41, 5.74) is 0. The fourth-order valence-electron chi connectivity index (χ4n) is 2.83. The second kappa shape index (κ2) is 7.34. The first-order valence-corrected chi connectivity index (χ1v) is 7.06. The van der Waals surface area contributed by atoms with E-state index in [1.807, 2.05) is 0 Å². The molecule has 1 saturated heterocycles. The molecule has 3 heteroatoms. The van der Waals surface area contributed by atoms with Crippen LogP contribution in [0.4, 0.5) is 0 Å². The molecule has 1 aliphatic heterocycles. The Balaban J connectivity index is 2.55. The van der Waals surface area contributed by atoms with Gasteiger partial charge in [0.15, 0.2) is 0 Å². The number of methoxy groups -OCH3 is 1. The van der Waals surface area contributed by atoms with Crippen molar-refractivity contribution < 1.29 is 4.74 Å². The molecule has 0 saturated carbocycles. The lowest BCUT2D eigenvalue weighted by molar-refractivity contribution is 0.0344. The lowest BCUT2D eigenvalue weighted by Crippen LogP contribution is -2.59. The molecule has 1 rings (SSSR count). The molecule has 0 amide bonds. The number of hydrogen-bond donors (Lipinski definition) is 1. The van der Waals surface area contributed by atoms with E-state index in [1.165, 1.54) is 19.4 Å². The molecule has 0 radical (unpaired) electrons. The van der Waals surface area contributed by atoms with Gasteiger partial charge in [0.1, 0.15) is 0 Å². The monoisotopic (exact) mass is 242 g/mol. The number of rotatable bonds is 6. The first kappa shape index (κ1) is 14.9. The third kappa shape index (κ3) is 4.57. The first-order valence-electron chi connectivity index (χ1n) is 7.06. The predicted molar refractivity (Wildman–Crippen MR) is 73.4 cm³/mol. The number of nitrogens with zero attached hydrogens (tertiary/aromatic N) is 1.